The highest BCUT2D eigenvalue weighted by Crippen LogP contribution is 2.27. The van der Waals surface area contributed by atoms with Crippen LogP contribution >= 0.6 is 0 Å². The Morgan fingerprint density at radius 2 is 1.83 bits per heavy atom. The highest BCUT2D eigenvalue weighted by atomic mass is 16.5. The molecule has 142 valence electrons. The molecular weight excluding hydrogens is 362 g/mol. The van der Waals surface area contributed by atoms with Crippen LogP contribution in [-0.4, -0.2) is 22.1 Å². The largest absolute Gasteiger partial charge is 0.462 e. The lowest BCUT2D eigenvalue weighted by atomic mass is 10.1. The van der Waals surface area contributed by atoms with E-state index in [1.807, 2.05) is 36.4 Å². The molecule has 4 rings (SSSR count). The number of ether oxygens (including phenoxy) is 1. The van der Waals surface area contributed by atoms with Crippen molar-refractivity contribution in [2.75, 3.05) is 6.61 Å². The number of rotatable bonds is 5. The second-order valence-electron chi connectivity index (χ2n) is 6.62. The molecule has 0 fully saturated rings. The number of hydrogen-bond acceptors (Lipinski definition) is 4. The molecule has 0 amide bonds. The zero-order chi connectivity index (χ0) is 20.2. The van der Waals surface area contributed by atoms with Gasteiger partial charge >= 0.3 is 5.97 Å². The fourth-order valence-electron chi connectivity index (χ4n) is 3.31. The van der Waals surface area contributed by atoms with Gasteiger partial charge in [0.25, 0.3) is 0 Å². The molecule has 1 aromatic heterocycles. The number of hydrogen-bond donors (Lipinski definition) is 0. The minimum absolute atomic E-state index is 0.329. The normalized spacial score (nSPS) is 10.6. The summed E-state index contributed by atoms with van der Waals surface area (Å²) in [5.74, 6) is 0.432. The van der Waals surface area contributed by atoms with E-state index in [0.29, 0.717) is 24.3 Å². The van der Waals surface area contributed by atoms with Gasteiger partial charge in [-0.1, -0.05) is 30.3 Å². The van der Waals surface area contributed by atoms with Crippen LogP contribution < -0.4 is 0 Å². The van der Waals surface area contributed by atoms with E-state index in [-0.39, 0.29) is 5.97 Å². The molecule has 0 atom stereocenters. The molecule has 0 radical (unpaired) electrons. The molecule has 0 aliphatic rings. The van der Waals surface area contributed by atoms with E-state index < -0.39 is 0 Å². The fraction of sp³-hybridized carbons (Fsp3) is 0.125. The number of nitriles is 1. The summed E-state index contributed by atoms with van der Waals surface area (Å²) in [5, 5.41) is 9.07. The van der Waals surface area contributed by atoms with Gasteiger partial charge in [0.2, 0.25) is 0 Å². The Labute approximate surface area is 168 Å². The number of esters is 1. The van der Waals surface area contributed by atoms with Gasteiger partial charge in [-0.05, 0) is 55.0 Å². The maximum absolute atomic E-state index is 12.1. The summed E-state index contributed by atoms with van der Waals surface area (Å²) in [6.45, 7) is 2.76. The third-order valence-corrected chi connectivity index (χ3v) is 4.72. The predicted molar refractivity (Wildman–Crippen MR) is 111 cm³/mol. The van der Waals surface area contributed by atoms with E-state index >= 15 is 0 Å². The molecule has 0 spiro atoms. The summed E-state index contributed by atoms with van der Waals surface area (Å²) < 4.78 is 7.24. The lowest BCUT2D eigenvalue weighted by Crippen LogP contribution is -2.05. The number of imidazole rings is 1. The van der Waals surface area contributed by atoms with Gasteiger partial charge in [-0.3, -0.25) is 0 Å². The van der Waals surface area contributed by atoms with Gasteiger partial charge in [-0.2, -0.15) is 5.26 Å². The van der Waals surface area contributed by atoms with E-state index in [9.17, 15) is 4.79 Å². The first kappa shape index (κ1) is 18.5. The number of benzene rings is 3. The standard InChI is InChI=1S/C24H19N3O2/c1-2-29-24(28)20-12-13-22-21(14-20)26-23(19-10-8-17(15-25)9-11-19)27(22)16-18-6-4-3-5-7-18/h3-14H,2,16H2,1H3. The average Bonchev–Trinajstić information content (AvgIpc) is 3.12. The van der Waals surface area contributed by atoms with Crippen molar-refractivity contribution in [3.8, 4) is 17.5 Å². The molecule has 0 aliphatic heterocycles. The number of carbonyl (C=O) groups excluding carboxylic acids is 1. The zero-order valence-corrected chi connectivity index (χ0v) is 16.0. The minimum atomic E-state index is -0.355. The number of carbonyl (C=O) groups is 1. The maximum Gasteiger partial charge on any atom is 0.338 e. The Balaban J connectivity index is 1.85. The van der Waals surface area contributed by atoms with Crippen molar-refractivity contribution in [1.82, 2.24) is 9.55 Å². The van der Waals surface area contributed by atoms with Crippen LogP contribution in [0.2, 0.25) is 0 Å². The Kier molecular flexibility index (Phi) is 5.08. The van der Waals surface area contributed by atoms with Gasteiger partial charge in [-0.15, -0.1) is 0 Å². The van der Waals surface area contributed by atoms with Crippen molar-refractivity contribution in [3.63, 3.8) is 0 Å². The molecule has 5 heteroatoms. The lowest BCUT2D eigenvalue weighted by Gasteiger charge is -2.10. The van der Waals surface area contributed by atoms with Gasteiger partial charge in [0.05, 0.1) is 34.8 Å². The average molecular weight is 381 g/mol. The lowest BCUT2D eigenvalue weighted by molar-refractivity contribution is 0.0526. The first-order valence-electron chi connectivity index (χ1n) is 9.41. The molecule has 0 N–H and O–H groups in total. The third-order valence-electron chi connectivity index (χ3n) is 4.72. The van der Waals surface area contributed by atoms with Gasteiger partial charge in [0.1, 0.15) is 5.82 Å². The van der Waals surface area contributed by atoms with Crippen LogP contribution in [0.1, 0.15) is 28.4 Å². The highest BCUT2D eigenvalue weighted by molar-refractivity contribution is 5.94. The van der Waals surface area contributed by atoms with Crippen molar-refractivity contribution >= 4 is 17.0 Å². The van der Waals surface area contributed by atoms with Crippen LogP contribution in [-0.2, 0) is 11.3 Å². The second kappa shape index (κ2) is 7.99. The summed E-state index contributed by atoms with van der Waals surface area (Å²) >= 11 is 0. The minimum Gasteiger partial charge on any atom is -0.462 e. The number of nitrogens with zero attached hydrogens (tertiary/aromatic N) is 3. The van der Waals surface area contributed by atoms with Gasteiger partial charge in [-0.25, -0.2) is 9.78 Å². The molecule has 5 nitrogen and oxygen atoms in total. The fourth-order valence-corrected chi connectivity index (χ4v) is 3.31. The van der Waals surface area contributed by atoms with Gasteiger partial charge in [0, 0.05) is 12.1 Å². The van der Waals surface area contributed by atoms with E-state index in [4.69, 9.17) is 15.0 Å². The van der Waals surface area contributed by atoms with Crippen molar-refractivity contribution in [1.29, 1.82) is 5.26 Å². The summed E-state index contributed by atoms with van der Waals surface area (Å²) in [7, 11) is 0. The van der Waals surface area contributed by atoms with Crippen LogP contribution in [0.5, 0.6) is 0 Å². The van der Waals surface area contributed by atoms with Crippen molar-refractivity contribution in [2.24, 2.45) is 0 Å². The first-order valence-corrected chi connectivity index (χ1v) is 9.41. The van der Waals surface area contributed by atoms with Gasteiger partial charge in [0.15, 0.2) is 0 Å². The van der Waals surface area contributed by atoms with Crippen molar-refractivity contribution in [2.45, 2.75) is 13.5 Å². The Morgan fingerprint density at radius 3 is 2.52 bits per heavy atom. The first-order chi connectivity index (χ1) is 14.2. The van der Waals surface area contributed by atoms with E-state index in [1.54, 1.807) is 31.2 Å². The predicted octanol–water partition coefficient (Wildman–Crippen LogP) is 4.80. The van der Waals surface area contributed by atoms with Crippen LogP contribution in [0.4, 0.5) is 0 Å². The molecule has 1 heterocycles. The van der Waals surface area contributed by atoms with Crippen molar-refractivity contribution in [3.05, 3.63) is 89.5 Å². The molecule has 0 bridgehead atoms. The summed E-state index contributed by atoms with van der Waals surface area (Å²) in [6, 6.07) is 25.1. The molecule has 4 aromatic rings. The topological polar surface area (TPSA) is 67.9 Å². The highest BCUT2D eigenvalue weighted by Gasteiger charge is 2.16. The smallest absolute Gasteiger partial charge is 0.338 e. The quantitative estimate of drug-likeness (QED) is 0.466. The molecule has 3 aromatic carbocycles. The second-order valence-corrected chi connectivity index (χ2v) is 6.62. The number of aromatic nitrogens is 2. The monoisotopic (exact) mass is 381 g/mol. The van der Waals surface area contributed by atoms with Crippen molar-refractivity contribution < 1.29 is 9.53 Å². The van der Waals surface area contributed by atoms with E-state index in [0.717, 1.165) is 28.0 Å². The van der Waals surface area contributed by atoms with Crippen LogP contribution in [0.15, 0.2) is 72.8 Å². The third kappa shape index (κ3) is 3.74. The van der Waals surface area contributed by atoms with Crippen LogP contribution in [0.3, 0.4) is 0 Å². The Bertz CT molecular complexity index is 1200. The van der Waals surface area contributed by atoms with Crippen LogP contribution in [0, 0.1) is 11.3 Å². The molecule has 0 saturated heterocycles. The SMILES string of the molecule is CCOC(=O)c1ccc2c(c1)nc(-c1ccc(C#N)cc1)n2Cc1ccccc1. The van der Waals surface area contributed by atoms with E-state index in [1.165, 1.54) is 0 Å². The molecule has 0 saturated carbocycles. The maximum atomic E-state index is 12.1. The molecule has 29 heavy (non-hydrogen) atoms. The van der Waals surface area contributed by atoms with Gasteiger partial charge < -0.3 is 9.30 Å². The Morgan fingerprint density at radius 1 is 1.07 bits per heavy atom. The van der Waals surface area contributed by atoms with Crippen LogP contribution in [0.25, 0.3) is 22.4 Å². The summed E-state index contributed by atoms with van der Waals surface area (Å²) in [4.78, 5) is 16.9. The Hall–Kier alpha value is -3.91. The molecule has 0 unspecified atom stereocenters. The molecule has 0 aliphatic carbocycles. The van der Waals surface area contributed by atoms with E-state index in [2.05, 4.69) is 22.8 Å². The number of fused-ring (bicyclic) bond motifs is 1. The molecular formula is C24H19N3O2. The zero-order valence-electron chi connectivity index (χ0n) is 16.0. The summed E-state index contributed by atoms with van der Waals surface area (Å²) in [5.41, 5.74) is 4.80. The summed E-state index contributed by atoms with van der Waals surface area (Å²) in [6.07, 6.45) is 0.